The first kappa shape index (κ1) is 19.2. The number of carbonyl (C=O) groups is 3. The van der Waals surface area contributed by atoms with E-state index in [1.165, 1.54) is 7.05 Å². The van der Waals surface area contributed by atoms with Gasteiger partial charge in [-0.3, -0.25) is 4.79 Å². The third-order valence-electron chi connectivity index (χ3n) is 3.93. The van der Waals surface area contributed by atoms with E-state index < -0.39 is 36.7 Å². The Labute approximate surface area is 149 Å². The molecule has 0 aliphatic carbocycles. The Balaban J connectivity index is 2.19. The van der Waals surface area contributed by atoms with E-state index in [2.05, 4.69) is 5.32 Å². The van der Waals surface area contributed by atoms with Crippen molar-refractivity contribution in [2.24, 2.45) is 0 Å². The summed E-state index contributed by atoms with van der Waals surface area (Å²) in [6.07, 6.45) is -2.05. The zero-order chi connectivity index (χ0) is 19.3. The highest BCUT2D eigenvalue weighted by Gasteiger charge is 2.23. The predicted octanol–water partition coefficient (Wildman–Crippen LogP) is 1.44. The monoisotopic (exact) mass is 360 g/mol. The lowest BCUT2D eigenvalue weighted by atomic mass is 10.00. The van der Waals surface area contributed by atoms with Crippen LogP contribution < -0.4 is 5.32 Å². The maximum Gasteiger partial charge on any atom is 0.334 e. The number of carbonyl (C=O) groups excluding carboxylic acids is 1. The van der Waals surface area contributed by atoms with Gasteiger partial charge in [-0.2, -0.15) is 0 Å². The van der Waals surface area contributed by atoms with Gasteiger partial charge in [0.15, 0.2) is 6.10 Å². The van der Waals surface area contributed by atoms with Crippen LogP contribution in [0.15, 0.2) is 42.5 Å². The highest BCUT2D eigenvalue weighted by molar-refractivity contribution is 5.84. The van der Waals surface area contributed by atoms with Gasteiger partial charge in [-0.05, 0) is 22.4 Å². The van der Waals surface area contributed by atoms with Crippen molar-refractivity contribution in [2.75, 3.05) is 13.6 Å². The summed E-state index contributed by atoms with van der Waals surface area (Å²) in [6.45, 7) is -0.418. The number of hydrogen-bond acceptors (Lipinski definition) is 4. The summed E-state index contributed by atoms with van der Waals surface area (Å²) >= 11 is 0. The van der Waals surface area contributed by atoms with Crippen LogP contribution in [0.1, 0.15) is 18.0 Å². The van der Waals surface area contributed by atoms with Crippen LogP contribution in [0.5, 0.6) is 0 Å². The molecule has 8 heteroatoms. The smallest absolute Gasteiger partial charge is 0.334 e. The van der Waals surface area contributed by atoms with Crippen LogP contribution in [0.25, 0.3) is 10.8 Å². The van der Waals surface area contributed by atoms with Gasteiger partial charge in [-0.15, -0.1) is 0 Å². The van der Waals surface area contributed by atoms with E-state index in [9.17, 15) is 19.5 Å². The SMILES string of the molecule is CN(CC(O)C(=O)O)C(=O)NC(CC(=O)O)c1ccc2ccccc2c1. The zero-order valence-corrected chi connectivity index (χ0v) is 14.1. The molecular formula is C18H20N2O6. The number of rotatable bonds is 7. The summed E-state index contributed by atoms with van der Waals surface area (Å²) in [6, 6.07) is 11.5. The van der Waals surface area contributed by atoms with Crippen LogP contribution in [0, 0.1) is 0 Å². The number of hydrogen-bond donors (Lipinski definition) is 4. The number of benzene rings is 2. The topological polar surface area (TPSA) is 127 Å². The van der Waals surface area contributed by atoms with Crippen molar-refractivity contribution in [3.63, 3.8) is 0 Å². The molecule has 2 aromatic carbocycles. The first-order valence-electron chi connectivity index (χ1n) is 7.91. The van der Waals surface area contributed by atoms with Gasteiger partial charge in [-0.1, -0.05) is 36.4 Å². The average Bonchev–Trinajstić information content (AvgIpc) is 2.60. The van der Waals surface area contributed by atoms with Crippen molar-refractivity contribution in [1.82, 2.24) is 10.2 Å². The van der Waals surface area contributed by atoms with Gasteiger partial charge in [-0.25, -0.2) is 9.59 Å². The molecule has 0 saturated carbocycles. The third kappa shape index (κ3) is 4.93. The summed E-state index contributed by atoms with van der Waals surface area (Å²) in [5, 5.41) is 31.7. The minimum Gasteiger partial charge on any atom is -0.481 e. The normalized spacial score (nSPS) is 13.0. The molecule has 8 nitrogen and oxygen atoms in total. The summed E-state index contributed by atoms with van der Waals surface area (Å²) in [5.74, 6) is -2.53. The van der Waals surface area contributed by atoms with Gasteiger partial charge in [0, 0.05) is 7.05 Å². The van der Waals surface area contributed by atoms with Crippen LogP contribution in [0.4, 0.5) is 4.79 Å². The largest absolute Gasteiger partial charge is 0.481 e. The molecule has 0 aliphatic rings. The van der Waals surface area contributed by atoms with Crippen LogP contribution in [0.2, 0.25) is 0 Å². The van der Waals surface area contributed by atoms with Gasteiger partial charge in [0.2, 0.25) is 0 Å². The second-order valence-corrected chi connectivity index (χ2v) is 5.94. The lowest BCUT2D eigenvalue weighted by Crippen LogP contribution is -2.44. The second kappa shape index (κ2) is 8.30. The molecule has 0 aliphatic heterocycles. The highest BCUT2D eigenvalue weighted by atomic mass is 16.4. The Morgan fingerprint density at radius 3 is 2.35 bits per heavy atom. The van der Waals surface area contributed by atoms with E-state index in [4.69, 9.17) is 10.2 Å². The van der Waals surface area contributed by atoms with E-state index in [1.807, 2.05) is 30.3 Å². The highest BCUT2D eigenvalue weighted by Crippen LogP contribution is 2.23. The zero-order valence-electron chi connectivity index (χ0n) is 14.1. The molecule has 0 radical (unpaired) electrons. The first-order valence-corrected chi connectivity index (χ1v) is 7.91. The Kier molecular flexibility index (Phi) is 6.13. The number of aliphatic hydroxyl groups excluding tert-OH is 1. The third-order valence-corrected chi connectivity index (χ3v) is 3.93. The lowest BCUT2D eigenvalue weighted by molar-refractivity contribution is -0.147. The molecule has 0 spiro atoms. The number of urea groups is 1. The fraction of sp³-hybridized carbons (Fsp3) is 0.278. The van der Waals surface area contributed by atoms with Crippen LogP contribution in [0.3, 0.4) is 0 Å². The molecule has 2 amide bonds. The van der Waals surface area contributed by atoms with E-state index in [-0.39, 0.29) is 6.42 Å². The van der Waals surface area contributed by atoms with Crippen LogP contribution in [-0.2, 0) is 9.59 Å². The van der Waals surface area contributed by atoms with Gasteiger partial charge >= 0.3 is 18.0 Å². The fourth-order valence-electron chi connectivity index (χ4n) is 2.53. The van der Waals surface area contributed by atoms with Crippen molar-refractivity contribution >= 4 is 28.7 Å². The molecule has 26 heavy (non-hydrogen) atoms. The standard InChI is InChI=1S/C18H20N2O6/c1-20(10-15(21)17(24)25)18(26)19-14(9-16(22)23)13-7-6-11-4-2-3-5-12(11)8-13/h2-8,14-15,21H,9-10H2,1H3,(H,19,26)(H,22,23)(H,24,25). The number of likely N-dealkylation sites (N-methyl/N-ethyl adjacent to an activating group) is 1. The molecule has 0 heterocycles. The van der Waals surface area contributed by atoms with E-state index in [1.54, 1.807) is 12.1 Å². The first-order chi connectivity index (χ1) is 12.3. The van der Waals surface area contributed by atoms with Gasteiger partial charge in [0.1, 0.15) is 0 Å². The molecule has 0 aromatic heterocycles. The van der Waals surface area contributed by atoms with Crippen LogP contribution >= 0.6 is 0 Å². The average molecular weight is 360 g/mol. The maximum absolute atomic E-state index is 12.2. The van der Waals surface area contributed by atoms with Gasteiger partial charge in [0.05, 0.1) is 19.0 Å². The molecular weight excluding hydrogens is 340 g/mol. The number of nitrogens with zero attached hydrogens (tertiary/aromatic N) is 1. The lowest BCUT2D eigenvalue weighted by Gasteiger charge is -2.24. The number of carboxylic acid groups (broad SMARTS) is 2. The van der Waals surface area contributed by atoms with Gasteiger partial charge in [0.25, 0.3) is 0 Å². The second-order valence-electron chi connectivity index (χ2n) is 5.94. The summed E-state index contributed by atoms with van der Waals surface area (Å²) in [7, 11) is 1.32. The van der Waals surface area contributed by atoms with Gasteiger partial charge < -0.3 is 25.5 Å². The molecule has 0 saturated heterocycles. The minimum atomic E-state index is -1.72. The Bertz CT molecular complexity index is 822. The number of aliphatic carboxylic acids is 2. The number of aliphatic hydroxyl groups is 1. The Hall–Kier alpha value is -3.13. The quantitative estimate of drug-likeness (QED) is 0.592. The van der Waals surface area contributed by atoms with E-state index in [0.29, 0.717) is 5.56 Å². The van der Waals surface area contributed by atoms with Crippen LogP contribution in [-0.4, -0.2) is 57.9 Å². The van der Waals surface area contributed by atoms with Crippen molar-refractivity contribution in [2.45, 2.75) is 18.6 Å². The summed E-state index contributed by atoms with van der Waals surface area (Å²) in [5.41, 5.74) is 0.617. The summed E-state index contributed by atoms with van der Waals surface area (Å²) in [4.78, 5) is 35.1. The molecule has 2 atom stereocenters. The predicted molar refractivity (Wildman–Crippen MR) is 93.7 cm³/mol. The number of amides is 2. The molecule has 2 unspecified atom stereocenters. The maximum atomic E-state index is 12.2. The molecule has 0 fully saturated rings. The molecule has 0 bridgehead atoms. The van der Waals surface area contributed by atoms with Crippen molar-refractivity contribution in [3.05, 3.63) is 48.0 Å². The van der Waals surface area contributed by atoms with E-state index in [0.717, 1.165) is 15.7 Å². The molecule has 2 aromatic rings. The number of nitrogens with one attached hydrogen (secondary N) is 1. The molecule has 4 N–H and O–H groups in total. The number of carboxylic acids is 2. The molecule has 138 valence electrons. The summed E-state index contributed by atoms with van der Waals surface area (Å²) < 4.78 is 0. The minimum absolute atomic E-state index is 0.334. The van der Waals surface area contributed by atoms with Crippen molar-refractivity contribution in [1.29, 1.82) is 0 Å². The fourth-order valence-corrected chi connectivity index (χ4v) is 2.53. The number of fused-ring (bicyclic) bond motifs is 1. The molecule has 2 rings (SSSR count). The van der Waals surface area contributed by atoms with E-state index >= 15 is 0 Å². The Morgan fingerprint density at radius 2 is 1.73 bits per heavy atom. The van der Waals surface area contributed by atoms with Crippen molar-refractivity contribution in [3.8, 4) is 0 Å². The Morgan fingerprint density at radius 1 is 1.08 bits per heavy atom. The van der Waals surface area contributed by atoms with Crippen molar-refractivity contribution < 1.29 is 29.7 Å².